The Bertz CT molecular complexity index is 1500. The molecule has 0 unspecified atom stereocenters. The van der Waals surface area contributed by atoms with Gasteiger partial charge in [0.25, 0.3) is 0 Å². The number of nitrogen functional groups attached to an aromatic ring is 1. The third kappa shape index (κ3) is 3.33. The van der Waals surface area contributed by atoms with Crippen LogP contribution in [0.25, 0.3) is 33.1 Å². The number of aromatic nitrogens is 3. The molecule has 3 aromatic carbocycles. The Hall–Kier alpha value is -4.39. The Balaban J connectivity index is 1.13. The van der Waals surface area contributed by atoms with Gasteiger partial charge < -0.3 is 20.4 Å². The number of anilines is 1. The molecule has 5 aromatic rings. The van der Waals surface area contributed by atoms with E-state index in [2.05, 4.69) is 39.6 Å². The number of fused-ring (bicyclic) bond motifs is 6. The number of nitrogens with one attached hydrogen (secondary N) is 1. The van der Waals surface area contributed by atoms with Crippen molar-refractivity contribution in [3.05, 3.63) is 90.3 Å². The van der Waals surface area contributed by atoms with Crippen molar-refractivity contribution in [2.45, 2.75) is 12.5 Å². The fourth-order valence-corrected chi connectivity index (χ4v) is 4.90. The first-order valence-electron chi connectivity index (χ1n) is 11.3. The van der Waals surface area contributed by atoms with Crippen molar-refractivity contribution >= 4 is 33.8 Å². The first kappa shape index (κ1) is 20.2. The molecule has 7 nitrogen and oxygen atoms in total. The van der Waals surface area contributed by atoms with Crippen LogP contribution in [-0.4, -0.2) is 33.8 Å². The molecule has 1 aliphatic rings. The van der Waals surface area contributed by atoms with Crippen molar-refractivity contribution in [2.75, 3.05) is 18.9 Å². The molecule has 0 fully saturated rings. The Morgan fingerprint density at radius 3 is 2.41 bits per heavy atom. The molecule has 0 aliphatic heterocycles. The number of nitrogens with two attached hydrogens (primary N) is 1. The van der Waals surface area contributed by atoms with Crippen LogP contribution in [0.3, 0.4) is 0 Å². The van der Waals surface area contributed by atoms with Gasteiger partial charge >= 0.3 is 6.09 Å². The smallest absolute Gasteiger partial charge is 0.407 e. The molecule has 0 atom stereocenters. The number of imidazole rings is 1. The lowest BCUT2D eigenvalue weighted by Crippen LogP contribution is -2.29. The van der Waals surface area contributed by atoms with Crippen molar-refractivity contribution < 1.29 is 9.53 Å². The molecule has 0 radical (unpaired) electrons. The van der Waals surface area contributed by atoms with Gasteiger partial charge in [0.2, 0.25) is 0 Å². The summed E-state index contributed by atoms with van der Waals surface area (Å²) in [5, 5.41) is 3.84. The molecule has 2 heterocycles. The van der Waals surface area contributed by atoms with Crippen molar-refractivity contribution in [3.8, 4) is 11.1 Å². The first-order chi connectivity index (χ1) is 16.7. The second-order valence-corrected chi connectivity index (χ2v) is 8.40. The summed E-state index contributed by atoms with van der Waals surface area (Å²) in [4.78, 5) is 21.4. The average molecular weight is 450 g/mol. The maximum atomic E-state index is 12.5. The molecule has 0 spiro atoms. The molecular weight excluding hydrogens is 426 g/mol. The highest BCUT2D eigenvalue weighted by Gasteiger charge is 2.28. The molecular formula is C27H23N5O2. The Labute approximate surface area is 196 Å². The third-order valence-electron chi connectivity index (χ3n) is 6.45. The van der Waals surface area contributed by atoms with E-state index in [1.54, 1.807) is 6.33 Å². The topological polar surface area (TPSA) is 95.1 Å². The summed E-state index contributed by atoms with van der Waals surface area (Å²) in [7, 11) is 0. The number of carbonyl (C=O) groups is 1. The number of ether oxygens (including phenoxy) is 1. The number of pyridine rings is 1. The molecule has 0 saturated heterocycles. The van der Waals surface area contributed by atoms with Crippen molar-refractivity contribution in [3.63, 3.8) is 0 Å². The number of rotatable bonds is 5. The summed E-state index contributed by atoms with van der Waals surface area (Å²) in [5.74, 6) is 0.439. The molecule has 1 aliphatic carbocycles. The van der Waals surface area contributed by atoms with Crippen molar-refractivity contribution in [1.29, 1.82) is 0 Å². The number of alkyl carbamates (subject to hydrolysis) is 1. The predicted molar refractivity (Wildman–Crippen MR) is 133 cm³/mol. The highest BCUT2D eigenvalue weighted by Crippen LogP contribution is 2.44. The van der Waals surface area contributed by atoms with Gasteiger partial charge in [0.1, 0.15) is 12.1 Å². The van der Waals surface area contributed by atoms with Gasteiger partial charge in [-0.05, 0) is 28.3 Å². The second-order valence-electron chi connectivity index (χ2n) is 8.40. The minimum Gasteiger partial charge on any atom is -0.449 e. The molecule has 34 heavy (non-hydrogen) atoms. The highest BCUT2D eigenvalue weighted by atomic mass is 16.5. The van der Waals surface area contributed by atoms with E-state index in [4.69, 9.17) is 10.5 Å². The van der Waals surface area contributed by atoms with Crippen LogP contribution in [0.15, 0.2) is 79.1 Å². The monoisotopic (exact) mass is 449 g/mol. The number of amides is 1. The molecule has 2 aromatic heterocycles. The van der Waals surface area contributed by atoms with Crippen molar-refractivity contribution in [2.24, 2.45) is 0 Å². The summed E-state index contributed by atoms with van der Waals surface area (Å²) in [6.07, 6.45) is 1.30. The van der Waals surface area contributed by atoms with Crippen molar-refractivity contribution in [1.82, 2.24) is 19.9 Å². The van der Waals surface area contributed by atoms with E-state index in [1.807, 2.05) is 53.1 Å². The van der Waals surface area contributed by atoms with Crippen LogP contribution in [-0.2, 0) is 11.3 Å². The molecule has 7 heteroatoms. The Kier molecular flexibility index (Phi) is 4.87. The van der Waals surface area contributed by atoms with E-state index < -0.39 is 6.09 Å². The molecule has 0 saturated carbocycles. The fourth-order valence-electron chi connectivity index (χ4n) is 4.90. The Morgan fingerprint density at radius 1 is 0.971 bits per heavy atom. The summed E-state index contributed by atoms with van der Waals surface area (Å²) in [5.41, 5.74) is 13.3. The molecule has 6 rings (SSSR count). The number of para-hydroxylation sites is 1. The summed E-state index contributed by atoms with van der Waals surface area (Å²) >= 11 is 0. The van der Waals surface area contributed by atoms with E-state index in [0.717, 1.165) is 16.4 Å². The van der Waals surface area contributed by atoms with Gasteiger partial charge in [-0.1, -0.05) is 66.7 Å². The van der Waals surface area contributed by atoms with E-state index in [1.165, 1.54) is 22.3 Å². The molecule has 1 amide bonds. The SMILES string of the molecule is Nc1nc2ccccc2c2c1ncn2CCNC(=O)OCC1c2ccccc2-c2ccccc21. The van der Waals surface area contributed by atoms with Crippen LogP contribution in [0, 0.1) is 0 Å². The van der Waals surface area contributed by atoms with Crippen LogP contribution in [0.2, 0.25) is 0 Å². The van der Waals surface area contributed by atoms with E-state index in [9.17, 15) is 4.79 Å². The zero-order valence-electron chi connectivity index (χ0n) is 18.4. The molecule has 168 valence electrons. The minimum absolute atomic E-state index is 0.0394. The lowest BCUT2D eigenvalue weighted by Gasteiger charge is -2.15. The predicted octanol–water partition coefficient (Wildman–Crippen LogP) is 4.71. The zero-order chi connectivity index (χ0) is 23.1. The Morgan fingerprint density at radius 2 is 1.65 bits per heavy atom. The van der Waals surface area contributed by atoms with Gasteiger partial charge in [-0.15, -0.1) is 0 Å². The summed E-state index contributed by atoms with van der Waals surface area (Å²) < 4.78 is 7.62. The van der Waals surface area contributed by atoms with Gasteiger partial charge in [-0.3, -0.25) is 0 Å². The number of hydrogen-bond donors (Lipinski definition) is 2. The van der Waals surface area contributed by atoms with Gasteiger partial charge in [-0.25, -0.2) is 14.8 Å². The van der Waals surface area contributed by atoms with Gasteiger partial charge in [0.05, 0.1) is 17.4 Å². The number of hydrogen-bond acceptors (Lipinski definition) is 5. The first-order valence-corrected chi connectivity index (χ1v) is 11.3. The van der Waals surface area contributed by atoms with E-state index >= 15 is 0 Å². The molecule has 3 N–H and O–H groups in total. The number of benzene rings is 3. The van der Waals surface area contributed by atoms with Crippen LogP contribution in [0.4, 0.5) is 10.6 Å². The number of nitrogens with zero attached hydrogens (tertiary/aromatic N) is 3. The summed E-state index contributed by atoms with van der Waals surface area (Å²) in [6, 6.07) is 24.4. The maximum Gasteiger partial charge on any atom is 0.407 e. The van der Waals surface area contributed by atoms with Crippen LogP contribution in [0.5, 0.6) is 0 Å². The third-order valence-corrected chi connectivity index (χ3v) is 6.45. The zero-order valence-corrected chi connectivity index (χ0v) is 18.4. The number of carbonyl (C=O) groups excluding carboxylic acids is 1. The van der Waals surface area contributed by atoms with Gasteiger partial charge in [0, 0.05) is 24.4 Å². The van der Waals surface area contributed by atoms with Crippen LogP contribution in [0.1, 0.15) is 17.0 Å². The quantitative estimate of drug-likeness (QED) is 0.405. The van der Waals surface area contributed by atoms with E-state index in [0.29, 0.717) is 31.0 Å². The van der Waals surface area contributed by atoms with Crippen LogP contribution >= 0.6 is 0 Å². The normalized spacial score (nSPS) is 12.6. The second kappa shape index (κ2) is 8.19. The van der Waals surface area contributed by atoms with Crippen LogP contribution < -0.4 is 11.1 Å². The minimum atomic E-state index is -0.433. The van der Waals surface area contributed by atoms with E-state index in [-0.39, 0.29) is 5.92 Å². The van der Waals surface area contributed by atoms with Gasteiger partial charge in [0.15, 0.2) is 5.82 Å². The standard InChI is InChI=1S/C27H23N5O2/c28-26-24-25(21-11-5-6-12-23(21)31-26)32(16-30-24)14-13-29-27(33)34-15-22-19-9-3-1-7-17(19)18-8-2-4-10-20(18)22/h1-12,16,22H,13-15H2,(H2,28,31)(H,29,33). The average Bonchev–Trinajstić information content (AvgIpc) is 3.43. The lowest BCUT2D eigenvalue weighted by molar-refractivity contribution is 0.142. The lowest BCUT2D eigenvalue weighted by atomic mass is 9.98. The largest absolute Gasteiger partial charge is 0.449 e. The fraction of sp³-hybridized carbons (Fsp3) is 0.148. The maximum absolute atomic E-state index is 12.5. The summed E-state index contributed by atoms with van der Waals surface area (Å²) in [6.45, 7) is 1.23. The van der Waals surface area contributed by atoms with Gasteiger partial charge in [-0.2, -0.15) is 0 Å². The highest BCUT2D eigenvalue weighted by molar-refractivity contribution is 6.06. The molecule has 0 bridgehead atoms.